The number of carbonyl (C=O) groups is 2. The van der Waals surface area contributed by atoms with Crippen LogP contribution >= 0.6 is 11.6 Å². The number of halogens is 4. The van der Waals surface area contributed by atoms with E-state index in [1.807, 2.05) is 4.90 Å². The number of nitrogens with one attached hydrogen (secondary N) is 1. The molecule has 0 spiro atoms. The SMILES string of the molecule is O=C(CN1CCC(C(=O)c2ccc(Cl)cc2)CC1)Nc1ccc(OC(F)(F)F)cc1. The van der Waals surface area contributed by atoms with E-state index in [4.69, 9.17) is 11.6 Å². The maximum atomic E-state index is 12.6. The average Bonchev–Trinajstić information content (AvgIpc) is 2.69. The molecule has 2 aromatic rings. The number of ether oxygens (including phenoxy) is 1. The fraction of sp³-hybridized carbons (Fsp3) is 0.333. The summed E-state index contributed by atoms with van der Waals surface area (Å²) in [7, 11) is 0. The molecule has 160 valence electrons. The van der Waals surface area contributed by atoms with Crippen LogP contribution in [0.15, 0.2) is 48.5 Å². The Morgan fingerprint density at radius 1 is 1.03 bits per heavy atom. The van der Waals surface area contributed by atoms with Crippen LogP contribution in [0.1, 0.15) is 23.2 Å². The van der Waals surface area contributed by atoms with Crippen molar-refractivity contribution in [2.24, 2.45) is 5.92 Å². The lowest BCUT2D eigenvalue weighted by Gasteiger charge is -2.30. The molecule has 1 saturated heterocycles. The van der Waals surface area contributed by atoms with Crippen LogP contribution in [-0.2, 0) is 4.79 Å². The molecule has 0 radical (unpaired) electrons. The monoisotopic (exact) mass is 440 g/mol. The molecule has 0 atom stereocenters. The molecular weight excluding hydrogens is 421 g/mol. The highest BCUT2D eigenvalue weighted by molar-refractivity contribution is 6.30. The molecule has 2 aromatic carbocycles. The quantitative estimate of drug-likeness (QED) is 0.657. The Morgan fingerprint density at radius 2 is 1.63 bits per heavy atom. The summed E-state index contributed by atoms with van der Waals surface area (Å²) in [6.45, 7) is 1.36. The second kappa shape index (κ2) is 9.49. The zero-order chi connectivity index (χ0) is 21.7. The number of ketones is 1. The van der Waals surface area contributed by atoms with E-state index in [0.29, 0.717) is 42.2 Å². The van der Waals surface area contributed by atoms with Gasteiger partial charge in [0.25, 0.3) is 0 Å². The zero-order valence-electron chi connectivity index (χ0n) is 15.9. The van der Waals surface area contributed by atoms with Gasteiger partial charge in [-0.15, -0.1) is 13.2 Å². The number of alkyl halides is 3. The van der Waals surface area contributed by atoms with Crippen LogP contribution in [0.25, 0.3) is 0 Å². The molecule has 0 bridgehead atoms. The molecule has 30 heavy (non-hydrogen) atoms. The predicted octanol–water partition coefficient (Wildman–Crippen LogP) is 4.77. The van der Waals surface area contributed by atoms with E-state index in [0.717, 1.165) is 12.1 Å². The fourth-order valence-corrected chi connectivity index (χ4v) is 3.47. The minimum atomic E-state index is -4.76. The number of likely N-dealkylation sites (tertiary alicyclic amines) is 1. The number of amides is 1. The highest BCUT2D eigenvalue weighted by Gasteiger charge is 2.31. The van der Waals surface area contributed by atoms with Crippen LogP contribution in [-0.4, -0.2) is 42.6 Å². The number of nitrogens with zero attached hydrogens (tertiary/aromatic N) is 1. The van der Waals surface area contributed by atoms with E-state index in [1.54, 1.807) is 24.3 Å². The third kappa shape index (κ3) is 6.47. The average molecular weight is 441 g/mol. The first-order valence-electron chi connectivity index (χ1n) is 9.37. The van der Waals surface area contributed by atoms with Crippen molar-refractivity contribution in [2.45, 2.75) is 19.2 Å². The van der Waals surface area contributed by atoms with Gasteiger partial charge < -0.3 is 10.1 Å². The van der Waals surface area contributed by atoms with Crippen LogP contribution in [0.5, 0.6) is 5.75 Å². The lowest BCUT2D eigenvalue weighted by Crippen LogP contribution is -2.40. The van der Waals surface area contributed by atoms with Gasteiger partial charge in [-0.25, -0.2) is 0 Å². The normalized spacial score (nSPS) is 15.6. The van der Waals surface area contributed by atoms with Crippen LogP contribution in [0.2, 0.25) is 5.02 Å². The largest absolute Gasteiger partial charge is 0.573 e. The van der Waals surface area contributed by atoms with Gasteiger partial charge in [0, 0.05) is 22.2 Å². The molecule has 1 heterocycles. The number of Topliss-reactive ketones (excluding diaryl/α,β-unsaturated/α-hetero) is 1. The molecule has 0 aliphatic carbocycles. The van der Waals surface area contributed by atoms with Crippen molar-refractivity contribution in [3.05, 3.63) is 59.1 Å². The Bertz CT molecular complexity index is 878. The number of anilines is 1. The van der Waals surface area contributed by atoms with E-state index in [-0.39, 0.29) is 29.9 Å². The Labute approximate surface area is 176 Å². The molecule has 1 aliphatic rings. The number of hydrogen-bond acceptors (Lipinski definition) is 4. The Balaban J connectivity index is 1.45. The van der Waals surface area contributed by atoms with Gasteiger partial charge in [-0.05, 0) is 74.5 Å². The summed E-state index contributed by atoms with van der Waals surface area (Å²) in [6, 6.07) is 11.8. The van der Waals surface area contributed by atoms with Gasteiger partial charge in [0.15, 0.2) is 5.78 Å². The molecule has 3 rings (SSSR count). The zero-order valence-corrected chi connectivity index (χ0v) is 16.7. The van der Waals surface area contributed by atoms with Crippen molar-refractivity contribution in [1.29, 1.82) is 0 Å². The van der Waals surface area contributed by atoms with Crippen LogP contribution in [0.3, 0.4) is 0 Å². The summed E-state index contributed by atoms with van der Waals surface area (Å²) in [5.41, 5.74) is 1.01. The first-order valence-corrected chi connectivity index (χ1v) is 9.75. The molecule has 5 nitrogen and oxygen atoms in total. The minimum Gasteiger partial charge on any atom is -0.406 e. The predicted molar refractivity (Wildman–Crippen MR) is 107 cm³/mol. The van der Waals surface area contributed by atoms with E-state index < -0.39 is 6.36 Å². The van der Waals surface area contributed by atoms with Crippen molar-refractivity contribution in [1.82, 2.24) is 4.90 Å². The molecule has 9 heteroatoms. The van der Waals surface area contributed by atoms with Gasteiger partial charge in [-0.2, -0.15) is 0 Å². The van der Waals surface area contributed by atoms with Gasteiger partial charge in [0.1, 0.15) is 5.75 Å². The van der Waals surface area contributed by atoms with Gasteiger partial charge >= 0.3 is 6.36 Å². The Morgan fingerprint density at radius 3 is 2.20 bits per heavy atom. The van der Waals surface area contributed by atoms with Gasteiger partial charge in [0.05, 0.1) is 6.54 Å². The first kappa shape index (κ1) is 22.1. The topological polar surface area (TPSA) is 58.6 Å². The number of rotatable bonds is 6. The molecule has 1 aliphatic heterocycles. The van der Waals surface area contributed by atoms with E-state index in [1.165, 1.54) is 12.1 Å². The second-order valence-corrected chi connectivity index (χ2v) is 7.48. The van der Waals surface area contributed by atoms with Crippen molar-refractivity contribution in [3.8, 4) is 5.75 Å². The second-order valence-electron chi connectivity index (χ2n) is 7.04. The van der Waals surface area contributed by atoms with Crippen LogP contribution in [0.4, 0.5) is 18.9 Å². The molecule has 1 amide bonds. The number of carbonyl (C=O) groups excluding carboxylic acids is 2. The van der Waals surface area contributed by atoms with Crippen LogP contribution < -0.4 is 10.1 Å². The minimum absolute atomic E-state index is 0.0805. The van der Waals surface area contributed by atoms with Gasteiger partial charge in [-0.3, -0.25) is 14.5 Å². The summed E-state index contributed by atoms with van der Waals surface area (Å²) in [5, 5.41) is 3.23. The fourth-order valence-electron chi connectivity index (χ4n) is 3.35. The highest BCUT2D eigenvalue weighted by atomic mass is 35.5. The smallest absolute Gasteiger partial charge is 0.406 e. The summed E-state index contributed by atoms with van der Waals surface area (Å²) in [5.74, 6) is -0.640. The maximum absolute atomic E-state index is 12.6. The van der Waals surface area contributed by atoms with Crippen molar-refractivity contribution >= 4 is 29.0 Å². The number of hydrogen-bond donors (Lipinski definition) is 1. The third-order valence-corrected chi connectivity index (χ3v) is 5.08. The summed E-state index contributed by atoms with van der Waals surface area (Å²) in [6.07, 6.45) is -3.46. The summed E-state index contributed by atoms with van der Waals surface area (Å²) >= 11 is 5.85. The molecule has 0 unspecified atom stereocenters. The molecular formula is C21H20ClF3N2O3. The first-order chi connectivity index (χ1) is 14.2. The molecule has 0 aromatic heterocycles. The summed E-state index contributed by atoms with van der Waals surface area (Å²) < 4.78 is 40.3. The van der Waals surface area contributed by atoms with Gasteiger partial charge in [0.2, 0.25) is 5.91 Å². The maximum Gasteiger partial charge on any atom is 0.573 e. The lowest BCUT2D eigenvalue weighted by atomic mass is 9.89. The van der Waals surface area contributed by atoms with Crippen LogP contribution in [0, 0.1) is 5.92 Å². The highest BCUT2D eigenvalue weighted by Crippen LogP contribution is 2.25. The molecule has 1 N–H and O–H groups in total. The molecule has 0 saturated carbocycles. The van der Waals surface area contributed by atoms with E-state index in [2.05, 4.69) is 10.1 Å². The molecule has 1 fully saturated rings. The van der Waals surface area contributed by atoms with Crippen molar-refractivity contribution < 1.29 is 27.5 Å². The van der Waals surface area contributed by atoms with Crippen molar-refractivity contribution in [3.63, 3.8) is 0 Å². The Hall–Kier alpha value is -2.58. The third-order valence-electron chi connectivity index (χ3n) is 4.83. The van der Waals surface area contributed by atoms with Crippen molar-refractivity contribution in [2.75, 3.05) is 25.0 Å². The number of benzene rings is 2. The van der Waals surface area contributed by atoms with E-state index in [9.17, 15) is 22.8 Å². The standard InChI is InChI=1S/C21H20ClF3N2O3/c22-16-3-1-14(2-4-16)20(29)15-9-11-27(12-10-15)13-19(28)26-17-5-7-18(8-6-17)30-21(23,24)25/h1-8,15H,9-13H2,(H,26,28). The number of piperidine rings is 1. The van der Waals surface area contributed by atoms with E-state index >= 15 is 0 Å². The lowest BCUT2D eigenvalue weighted by molar-refractivity contribution is -0.274. The summed E-state index contributed by atoms with van der Waals surface area (Å²) in [4.78, 5) is 26.7. The Kier molecular flexibility index (Phi) is 6.99. The van der Waals surface area contributed by atoms with Gasteiger partial charge in [-0.1, -0.05) is 11.6 Å².